The fourth-order valence-corrected chi connectivity index (χ4v) is 2.21. The Morgan fingerprint density at radius 1 is 1.44 bits per heavy atom. The number of carbonyl (C=O) groups is 1. The second-order valence-corrected chi connectivity index (χ2v) is 4.10. The molecule has 82 valence electrons. The minimum atomic E-state index is -0.687. The van der Waals surface area contributed by atoms with Crippen LogP contribution in [-0.4, -0.2) is 16.6 Å². The Morgan fingerprint density at radius 2 is 2.19 bits per heavy atom. The number of pyridine rings is 2. The van der Waals surface area contributed by atoms with Crippen LogP contribution >= 0.6 is 11.8 Å². The normalized spacial score (nSPS) is 10.6. The molecule has 0 spiro atoms. The van der Waals surface area contributed by atoms with Gasteiger partial charge in [0.1, 0.15) is 5.56 Å². The maximum Gasteiger partial charge on any atom is 0.269 e. The van der Waals surface area contributed by atoms with E-state index >= 15 is 0 Å². The van der Waals surface area contributed by atoms with Crippen LogP contribution in [0, 0.1) is 0 Å². The third-order valence-corrected chi connectivity index (χ3v) is 3.08. The van der Waals surface area contributed by atoms with Gasteiger partial charge in [-0.2, -0.15) is 0 Å². The fourth-order valence-electron chi connectivity index (χ4n) is 1.58. The lowest BCUT2D eigenvalue weighted by Gasteiger charge is -2.06. The number of thioether (sulfide) groups is 1. The van der Waals surface area contributed by atoms with Crippen molar-refractivity contribution in [2.75, 3.05) is 6.26 Å². The molecule has 0 bridgehead atoms. The number of primary amides is 1. The van der Waals surface area contributed by atoms with E-state index in [1.165, 1.54) is 16.2 Å². The average molecular weight is 234 g/mol. The van der Waals surface area contributed by atoms with E-state index < -0.39 is 5.91 Å². The van der Waals surface area contributed by atoms with Crippen LogP contribution in [0.15, 0.2) is 40.2 Å². The number of hydrogen-bond donors (Lipinski definition) is 1. The van der Waals surface area contributed by atoms with Crippen molar-refractivity contribution < 1.29 is 4.79 Å². The van der Waals surface area contributed by atoms with Crippen molar-refractivity contribution in [1.82, 2.24) is 4.40 Å². The van der Waals surface area contributed by atoms with E-state index in [9.17, 15) is 9.59 Å². The summed E-state index contributed by atoms with van der Waals surface area (Å²) in [7, 11) is 0. The molecule has 2 heterocycles. The van der Waals surface area contributed by atoms with Crippen LogP contribution in [0.3, 0.4) is 0 Å². The van der Waals surface area contributed by atoms with E-state index in [1.807, 2.05) is 12.1 Å². The first kappa shape index (κ1) is 10.8. The Kier molecular flexibility index (Phi) is 2.70. The van der Waals surface area contributed by atoms with Crippen molar-refractivity contribution in [2.24, 2.45) is 5.73 Å². The van der Waals surface area contributed by atoms with Crippen LogP contribution < -0.4 is 11.3 Å². The van der Waals surface area contributed by atoms with Crippen molar-refractivity contribution in [1.29, 1.82) is 0 Å². The highest BCUT2D eigenvalue weighted by Crippen LogP contribution is 2.19. The minimum absolute atomic E-state index is 0.0520. The molecule has 0 saturated carbocycles. The SMILES string of the molecule is CSc1cc2ccccn2c(=O)c1C(N)=O. The van der Waals surface area contributed by atoms with E-state index in [4.69, 9.17) is 5.73 Å². The predicted octanol–water partition coefficient (Wildman–Crippen LogP) is 1.12. The summed E-state index contributed by atoms with van der Waals surface area (Å²) >= 11 is 1.34. The van der Waals surface area contributed by atoms with Crippen LogP contribution in [0.2, 0.25) is 0 Å². The number of carbonyl (C=O) groups excluding carboxylic acids is 1. The molecule has 2 N–H and O–H groups in total. The topological polar surface area (TPSA) is 64.6 Å². The fraction of sp³-hybridized carbons (Fsp3) is 0.0909. The number of aromatic nitrogens is 1. The molecular weight excluding hydrogens is 224 g/mol. The number of hydrogen-bond acceptors (Lipinski definition) is 3. The largest absolute Gasteiger partial charge is 0.365 e. The molecule has 0 radical (unpaired) electrons. The van der Waals surface area contributed by atoms with Gasteiger partial charge in [-0.1, -0.05) is 6.07 Å². The van der Waals surface area contributed by atoms with Crippen molar-refractivity contribution in [3.8, 4) is 0 Å². The van der Waals surface area contributed by atoms with E-state index in [-0.39, 0.29) is 11.1 Å². The molecule has 2 aromatic heterocycles. The molecule has 0 saturated heterocycles. The van der Waals surface area contributed by atoms with Gasteiger partial charge in [-0.05, 0) is 24.5 Å². The molecule has 2 rings (SSSR count). The molecule has 0 aliphatic carbocycles. The Balaban J connectivity index is 2.94. The monoisotopic (exact) mass is 234 g/mol. The number of amides is 1. The Labute approximate surface area is 96.1 Å². The van der Waals surface area contributed by atoms with Gasteiger partial charge in [0, 0.05) is 16.6 Å². The van der Waals surface area contributed by atoms with E-state index in [0.29, 0.717) is 4.90 Å². The highest BCUT2D eigenvalue weighted by molar-refractivity contribution is 7.98. The van der Waals surface area contributed by atoms with Crippen LogP contribution in [-0.2, 0) is 0 Å². The van der Waals surface area contributed by atoms with Crippen molar-refractivity contribution in [3.05, 3.63) is 46.4 Å². The van der Waals surface area contributed by atoms with E-state index in [2.05, 4.69) is 0 Å². The number of fused-ring (bicyclic) bond motifs is 1. The van der Waals surface area contributed by atoms with Gasteiger partial charge in [0.15, 0.2) is 0 Å². The van der Waals surface area contributed by atoms with Crippen LogP contribution in [0.1, 0.15) is 10.4 Å². The van der Waals surface area contributed by atoms with E-state index in [0.717, 1.165) is 5.52 Å². The van der Waals surface area contributed by atoms with Gasteiger partial charge in [-0.3, -0.25) is 14.0 Å². The molecule has 16 heavy (non-hydrogen) atoms. The zero-order valence-corrected chi connectivity index (χ0v) is 9.45. The zero-order chi connectivity index (χ0) is 11.7. The average Bonchev–Trinajstić information content (AvgIpc) is 2.28. The maximum atomic E-state index is 12.0. The van der Waals surface area contributed by atoms with Gasteiger partial charge in [-0.25, -0.2) is 0 Å². The standard InChI is InChI=1S/C11H10N2O2S/c1-16-8-6-7-4-2-3-5-13(7)11(15)9(8)10(12)14/h2-6H,1H3,(H2,12,14). The zero-order valence-electron chi connectivity index (χ0n) is 8.64. The van der Waals surface area contributed by atoms with Crippen molar-refractivity contribution >= 4 is 23.2 Å². The van der Waals surface area contributed by atoms with Crippen LogP contribution in [0.25, 0.3) is 5.52 Å². The number of nitrogens with zero attached hydrogens (tertiary/aromatic N) is 1. The van der Waals surface area contributed by atoms with E-state index in [1.54, 1.807) is 24.6 Å². The molecule has 0 unspecified atom stereocenters. The summed E-state index contributed by atoms with van der Waals surface area (Å²) < 4.78 is 1.42. The Morgan fingerprint density at radius 3 is 2.81 bits per heavy atom. The molecule has 1 amide bonds. The highest BCUT2D eigenvalue weighted by atomic mass is 32.2. The second-order valence-electron chi connectivity index (χ2n) is 3.25. The Bertz CT molecular complexity index is 619. The third-order valence-electron chi connectivity index (χ3n) is 2.32. The quantitative estimate of drug-likeness (QED) is 0.792. The van der Waals surface area contributed by atoms with Gasteiger partial charge in [0.05, 0.1) is 0 Å². The van der Waals surface area contributed by atoms with Crippen molar-refractivity contribution in [3.63, 3.8) is 0 Å². The summed E-state index contributed by atoms with van der Waals surface area (Å²) in [6, 6.07) is 7.17. The first-order chi connectivity index (χ1) is 7.65. The lowest BCUT2D eigenvalue weighted by molar-refractivity contribution is 0.0996. The lowest BCUT2D eigenvalue weighted by atomic mass is 10.2. The Hall–Kier alpha value is -1.75. The molecule has 0 fully saturated rings. The van der Waals surface area contributed by atoms with Gasteiger partial charge >= 0.3 is 0 Å². The van der Waals surface area contributed by atoms with Gasteiger partial charge < -0.3 is 5.73 Å². The van der Waals surface area contributed by atoms with Gasteiger partial charge in [0.2, 0.25) is 0 Å². The summed E-state index contributed by atoms with van der Waals surface area (Å²) in [4.78, 5) is 23.9. The number of nitrogens with two attached hydrogens (primary N) is 1. The summed E-state index contributed by atoms with van der Waals surface area (Å²) in [5.41, 5.74) is 5.65. The van der Waals surface area contributed by atoms with Crippen molar-refractivity contribution in [2.45, 2.75) is 4.90 Å². The summed E-state index contributed by atoms with van der Waals surface area (Å²) in [5, 5.41) is 0. The van der Waals surface area contributed by atoms with Gasteiger partial charge in [-0.15, -0.1) is 11.8 Å². The maximum absolute atomic E-state index is 12.0. The number of rotatable bonds is 2. The second kappa shape index (κ2) is 4.02. The minimum Gasteiger partial charge on any atom is -0.365 e. The van der Waals surface area contributed by atoms with Crippen LogP contribution in [0.5, 0.6) is 0 Å². The van der Waals surface area contributed by atoms with Gasteiger partial charge in [0.25, 0.3) is 11.5 Å². The first-order valence-electron chi connectivity index (χ1n) is 4.63. The smallest absolute Gasteiger partial charge is 0.269 e. The van der Waals surface area contributed by atoms with Crippen LogP contribution in [0.4, 0.5) is 0 Å². The summed E-state index contributed by atoms with van der Waals surface area (Å²) in [5.74, 6) is -0.687. The molecule has 2 aromatic rings. The molecule has 4 nitrogen and oxygen atoms in total. The molecule has 0 atom stereocenters. The molecule has 0 aliphatic rings. The third kappa shape index (κ3) is 1.59. The summed E-state index contributed by atoms with van der Waals surface area (Å²) in [6.07, 6.45) is 3.43. The highest BCUT2D eigenvalue weighted by Gasteiger charge is 2.14. The molecule has 0 aliphatic heterocycles. The summed E-state index contributed by atoms with van der Waals surface area (Å²) in [6.45, 7) is 0. The first-order valence-corrected chi connectivity index (χ1v) is 5.86. The molecular formula is C11H10N2O2S. The molecule has 0 aromatic carbocycles. The predicted molar refractivity (Wildman–Crippen MR) is 64.0 cm³/mol. The molecule has 5 heteroatoms. The lowest BCUT2D eigenvalue weighted by Crippen LogP contribution is -2.27.